The summed E-state index contributed by atoms with van der Waals surface area (Å²) in [5, 5.41) is 4.00. The number of carbonyl (C=O) groups is 1. The maximum atomic E-state index is 11.2. The monoisotopic (exact) mass is 392 g/mol. The van der Waals surface area contributed by atoms with Crippen LogP contribution in [0, 0.1) is 6.92 Å². The van der Waals surface area contributed by atoms with Crippen molar-refractivity contribution in [3.8, 4) is 11.4 Å². The van der Waals surface area contributed by atoms with Crippen LogP contribution in [0.4, 0.5) is 5.82 Å². The first kappa shape index (κ1) is 22.3. The van der Waals surface area contributed by atoms with Crippen LogP contribution in [0.25, 0.3) is 22.3 Å². The average Bonchev–Trinajstić information content (AvgIpc) is 2.73. The summed E-state index contributed by atoms with van der Waals surface area (Å²) in [5.41, 5.74) is 3.14. The second-order valence-electron chi connectivity index (χ2n) is 6.51. The Labute approximate surface area is 174 Å². The van der Waals surface area contributed by atoms with E-state index in [0.717, 1.165) is 46.8 Å². The molecule has 2 aromatic carbocycles. The van der Waals surface area contributed by atoms with Gasteiger partial charge in [-0.05, 0) is 24.6 Å². The minimum Gasteiger partial charge on any atom is -0.352 e. The minimum atomic E-state index is 0.0118. The van der Waals surface area contributed by atoms with Gasteiger partial charge in [-0.3, -0.25) is 4.79 Å². The van der Waals surface area contributed by atoms with Crippen molar-refractivity contribution in [2.75, 3.05) is 18.0 Å². The van der Waals surface area contributed by atoms with E-state index in [1.807, 2.05) is 58.0 Å². The van der Waals surface area contributed by atoms with Gasteiger partial charge in [0.05, 0.1) is 11.6 Å². The van der Waals surface area contributed by atoms with Gasteiger partial charge in [0.1, 0.15) is 5.82 Å². The van der Waals surface area contributed by atoms with Crippen LogP contribution in [0.15, 0.2) is 48.5 Å². The van der Waals surface area contributed by atoms with Crippen LogP contribution in [0.5, 0.6) is 0 Å². The highest BCUT2D eigenvalue weighted by atomic mass is 16.1. The third kappa shape index (κ3) is 5.11. The number of hydrogen-bond donors (Lipinski definition) is 1. The highest BCUT2D eigenvalue weighted by molar-refractivity contribution is 5.91. The van der Waals surface area contributed by atoms with Crippen LogP contribution in [-0.2, 0) is 4.79 Å². The van der Waals surface area contributed by atoms with E-state index in [9.17, 15) is 4.79 Å². The Bertz CT molecular complexity index is 949. The number of fused-ring (bicyclic) bond motifs is 1. The lowest BCUT2D eigenvalue weighted by atomic mass is 10.1. The highest BCUT2D eigenvalue weighted by Crippen LogP contribution is 2.31. The molecule has 0 unspecified atom stereocenters. The first-order valence-corrected chi connectivity index (χ1v) is 10.5. The number of aryl methyl sites for hydroxylation is 1. The van der Waals surface area contributed by atoms with Crippen molar-refractivity contribution in [3.05, 3.63) is 54.1 Å². The van der Waals surface area contributed by atoms with E-state index in [1.54, 1.807) is 6.92 Å². The van der Waals surface area contributed by atoms with Crippen LogP contribution in [0.3, 0.4) is 0 Å². The molecule has 3 aromatic rings. The molecule has 1 aromatic heterocycles. The van der Waals surface area contributed by atoms with Crippen LogP contribution in [0.2, 0.25) is 0 Å². The van der Waals surface area contributed by atoms with Crippen molar-refractivity contribution in [1.82, 2.24) is 15.3 Å². The van der Waals surface area contributed by atoms with Crippen LogP contribution >= 0.6 is 0 Å². The number of nitrogens with zero attached hydrogens (tertiary/aromatic N) is 3. The fourth-order valence-corrected chi connectivity index (χ4v) is 3.28. The van der Waals surface area contributed by atoms with Crippen molar-refractivity contribution < 1.29 is 4.79 Å². The number of carbonyl (C=O) groups excluding carboxylic acids is 1. The van der Waals surface area contributed by atoms with Gasteiger partial charge in [-0.1, -0.05) is 64.1 Å². The summed E-state index contributed by atoms with van der Waals surface area (Å²) in [6, 6.07) is 16.4. The molecule has 0 bridgehead atoms. The van der Waals surface area contributed by atoms with Crippen LogP contribution < -0.4 is 10.2 Å². The van der Waals surface area contributed by atoms with Crippen molar-refractivity contribution in [2.24, 2.45) is 0 Å². The number of aromatic nitrogens is 2. The third-order valence-corrected chi connectivity index (χ3v) is 4.56. The minimum absolute atomic E-state index is 0.0118. The molecule has 0 radical (unpaired) electrons. The second-order valence-corrected chi connectivity index (χ2v) is 6.51. The zero-order chi connectivity index (χ0) is 21.4. The molecule has 0 aliphatic carbocycles. The molecule has 1 amide bonds. The summed E-state index contributed by atoms with van der Waals surface area (Å²) >= 11 is 0. The van der Waals surface area contributed by atoms with E-state index in [0.29, 0.717) is 0 Å². The van der Waals surface area contributed by atoms with E-state index in [2.05, 4.69) is 35.3 Å². The molecule has 0 spiro atoms. The molecule has 5 nitrogen and oxygen atoms in total. The van der Waals surface area contributed by atoms with Crippen molar-refractivity contribution >= 4 is 22.6 Å². The fourth-order valence-electron chi connectivity index (χ4n) is 3.28. The third-order valence-electron chi connectivity index (χ3n) is 4.56. The number of nitrogens with one attached hydrogen (secondary N) is 1. The van der Waals surface area contributed by atoms with Gasteiger partial charge in [0.2, 0.25) is 5.91 Å². The molecule has 1 saturated heterocycles. The highest BCUT2D eigenvalue weighted by Gasteiger charge is 2.30. The average molecular weight is 393 g/mol. The predicted octanol–water partition coefficient (Wildman–Crippen LogP) is 4.98. The summed E-state index contributed by atoms with van der Waals surface area (Å²) in [6.07, 6.45) is 0. The number of hydrogen-bond acceptors (Lipinski definition) is 4. The zero-order valence-electron chi connectivity index (χ0n) is 18.4. The largest absolute Gasteiger partial charge is 0.352 e. The summed E-state index contributed by atoms with van der Waals surface area (Å²) in [5.74, 6) is 1.69. The molecule has 1 N–H and O–H groups in total. The molecule has 5 heteroatoms. The van der Waals surface area contributed by atoms with Crippen molar-refractivity contribution in [2.45, 2.75) is 47.6 Å². The normalized spacial score (nSPS) is 12.8. The quantitative estimate of drug-likeness (QED) is 0.683. The molecule has 4 rings (SSSR count). The number of anilines is 1. The lowest BCUT2D eigenvalue weighted by Gasteiger charge is -2.40. The van der Waals surface area contributed by atoms with Gasteiger partial charge in [-0.2, -0.15) is 0 Å². The molecule has 154 valence electrons. The van der Waals surface area contributed by atoms with Crippen molar-refractivity contribution in [3.63, 3.8) is 0 Å². The van der Waals surface area contributed by atoms with E-state index in [-0.39, 0.29) is 11.9 Å². The lowest BCUT2D eigenvalue weighted by Crippen LogP contribution is -2.59. The molecule has 1 aliphatic heterocycles. The predicted molar refractivity (Wildman–Crippen MR) is 122 cm³/mol. The number of benzene rings is 2. The van der Waals surface area contributed by atoms with Gasteiger partial charge in [0, 0.05) is 31.0 Å². The van der Waals surface area contributed by atoms with Crippen LogP contribution in [0.1, 0.15) is 40.2 Å². The molecule has 29 heavy (non-hydrogen) atoms. The summed E-state index contributed by atoms with van der Waals surface area (Å²) in [6.45, 7) is 13.2. The molecular formula is C24H32N4O. The Morgan fingerprint density at radius 3 is 2.24 bits per heavy atom. The first-order chi connectivity index (χ1) is 14.1. The summed E-state index contributed by atoms with van der Waals surface area (Å²) in [7, 11) is 0. The lowest BCUT2D eigenvalue weighted by molar-refractivity contribution is -0.119. The van der Waals surface area contributed by atoms with Crippen molar-refractivity contribution in [1.29, 1.82) is 0 Å². The maximum absolute atomic E-state index is 11.2. The van der Waals surface area contributed by atoms with Gasteiger partial charge in [-0.15, -0.1) is 0 Å². The first-order valence-electron chi connectivity index (χ1n) is 10.5. The Balaban J connectivity index is 0.000000707. The second kappa shape index (κ2) is 10.6. The Hall–Kier alpha value is -2.95. The van der Waals surface area contributed by atoms with Gasteiger partial charge >= 0.3 is 0 Å². The van der Waals surface area contributed by atoms with E-state index >= 15 is 0 Å². The Morgan fingerprint density at radius 1 is 0.966 bits per heavy atom. The van der Waals surface area contributed by atoms with Gasteiger partial charge < -0.3 is 10.2 Å². The van der Waals surface area contributed by atoms with E-state index in [1.165, 1.54) is 0 Å². The Kier molecular flexibility index (Phi) is 8.13. The molecule has 1 aliphatic rings. The number of rotatable bonds is 3. The van der Waals surface area contributed by atoms with Gasteiger partial charge in [-0.25, -0.2) is 9.97 Å². The Morgan fingerprint density at radius 2 is 1.59 bits per heavy atom. The van der Waals surface area contributed by atoms with Gasteiger partial charge in [0.15, 0.2) is 5.82 Å². The molecule has 2 heterocycles. The smallest absolute Gasteiger partial charge is 0.217 e. The van der Waals surface area contributed by atoms with Gasteiger partial charge in [0.25, 0.3) is 0 Å². The SMILES string of the molecule is CC.CC.CC(=O)NC1CN(c2nc(-c3ccccc3C)nc3ccccc23)C1. The fraction of sp³-hybridized carbons (Fsp3) is 0.375. The zero-order valence-corrected chi connectivity index (χ0v) is 18.4. The van der Waals surface area contributed by atoms with E-state index < -0.39 is 0 Å². The molecule has 0 saturated carbocycles. The molecule has 0 atom stereocenters. The summed E-state index contributed by atoms with van der Waals surface area (Å²) < 4.78 is 0. The topological polar surface area (TPSA) is 58.1 Å². The maximum Gasteiger partial charge on any atom is 0.217 e. The number of amides is 1. The molecular weight excluding hydrogens is 360 g/mol. The summed E-state index contributed by atoms with van der Waals surface area (Å²) in [4.78, 5) is 23.1. The molecule has 1 fully saturated rings. The van der Waals surface area contributed by atoms with E-state index in [4.69, 9.17) is 9.97 Å². The number of para-hydroxylation sites is 1. The van der Waals surface area contributed by atoms with Crippen LogP contribution in [-0.4, -0.2) is 35.0 Å². The standard InChI is InChI=1S/C20H20N4O.2C2H6/c1-13-7-3-4-8-16(13)19-22-18-10-6-5-9-17(18)20(23-19)24-11-15(12-24)21-14(2)25;2*1-2/h3-10,15H,11-12H2,1-2H3,(H,21,25);2*1-2H3.